The summed E-state index contributed by atoms with van der Waals surface area (Å²) in [6.45, 7) is 3.47. The molecule has 0 fully saturated rings. The van der Waals surface area contributed by atoms with E-state index in [0.29, 0.717) is 56.2 Å². The number of hydrogen-bond acceptors (Lipinski definition) is 7. The lowest BCUT2D eigenvalue weighted by Gasteiger charge is -2.07. The minimum absolute atomic E-state index is 0.00712. The number of hydrogen-bond donors (Lipinski definition) is 3. The molecule has 9 nitrogen and oxygen atoms in total. The summed E-state index contributed by atoms with van der Waals surface area (Å²) in [5, 5.41) is 10.5. The van der Waals surface area contributed by atoms with Crippen LogP contribution in [0.15, 0.2) is 55.0 Å². The molecule has 1 amide bonds. The Bertz CT molecular complexity index is 1890. The van der Waals surface area contributed by atoms with Gasteiger partial charge in [0.2, 0.25) is 5.91 Å². The van der Waals surface area contributed by atoms with Gasteiger partial charge in [-0.25, -0.2) is 14.4 Å². The number of Topliss-reactive ketones (excluding diaryl/α,β-unsaturated/α-hetero) is 1. The Kier molecular flexibility index (Phi) is 6.20. The summed E-state index contributed by atoms with van der Waals surface area (Å²) in [5.74, 6) is -0.150. The minimum atomic E-state index is -0.504. The number of pyridine rings is 2. The number of carbonyl (C=O) groups is 2. The Morgan fingerprint density at radius 2 is 1.97 bits per heavy atom. The van der Waals surface area contributed by atoms with Crippen molar-refractivity contribution >= 4 is 50.8 Å². The number of aromatic amines is 2. The fourth-order valence-corrected chi connectivity index (χ4v) is 5.38. The van der Waals surface area contributed by atoms with Crippen LogP contribution in [0.3, 0.4) is 0 Å². The van der Waals surface area contributed by atoms with Crippen molar-refractivity contribution in [2.24, 2.45) is 0 Å². The summed E-state index contributed by atoms with van der Waals surface area (Å²) in [7, 11) is 0. The van der Waals surface area contributed by atoms with Crippen LogP contribution >= 0.6 is 11.3 Å². The van der Waals surface area contributed by atoms with E-state index in [1.165, 1.54) is 24.3 Å². The third kappa shape index (κ3) is 4.57. The average molecular weight is 540 g/mol. The van der Waals surface area contributed by atoms with Gasteiger partial charge >= 0.3 is 0 Å². The number of thiophene rings is 1. The first-order valence-electron chi connectivity index (χ1n) is 12.3. The van der Waals surface area contributed by atoms with Crippen LogP contribution in [0, 0.1) is 5.82 Å². The van der Waals surface area contributed by atoms with Crippen LogP contribution in [0.4, 0.5) is 10.1 Å². The summed E-state index contributed by atoms with van der Waals surface area (Å²) in [6, 6.07) is 10.5. The second-order valence-electron chi connectivity index (χ2n) is 9.08. The molecule has 0 aliphatic heterocycles. The molecule has 6 rings (SSSR count). The third-order valence-corrected chi connectivity index (χ3v) is 7.51. The monoisotopic (exact) mass is 539 g/mol. The van der Waals surface area contributed by atoms with Gasteiger partial charge in [0, 0.05) is 40.2 Å². The Labute approximate surface area is 225 Å². The first-order chi connectivity index (χ1) is 18.9. The lowest BCUT2D eigenvalue weighted by Crippen LogP contribution is -2.10. The summed E-state index contributed by atoms with van der Waals surface area (Å²) < 4.78 is 15.2. The fraction of sp³-hybridized carbons (Fsp3) is 0.143. The molecule has 0 bridgehead atoms. The van der Waals surface area contributed by atoms with Gasteiger partial charge < -0.3 is 10.3 Å². The number of H-pyrrole nitrogens is 2. The van der Waals surface area contributed by atoms with Crippen LogP contribution in [0.2, 0.25) is 0 Å². The van der Waals surface area contributed by atoms with Crippen LogP contribution in [-0.2, 0) is 4.79 Å². The van der Waals surface area contributed by atoms with Gasteiger partial charge in [-0.15, -0.1) is 11.3 Å². The van der Waals surface area contributed by atoms with Gasteiger partial charge in [0.05, 0.1) is 22.3 Å². The zero-order valence-corrected chi connectivity index (χ0v) is 21.8. The lowest BCUT2D eigenvalue weighted by molar-refractivity contribution is -0.116. The van der Waals surface area contributed by atoms with Crippen molar-refractivity contribution in [1.82, 2.24) is 30.1 Å². The predicted octanol–water partition coefficient (Wildman–Crippen LogP) is 6.37. The van der Waals surface area contributed by atoms with Crippen molar-refractivity contribution < 1.29 is 14.0 Å². The van der Waals surface area contributed by atoms with Crippen LogP contribution in [0.25, 0.3) is 55.2 Å². The number of ketones is 1. The van der Waals surface area contributed by atoms with E-state index >= 15 is 4.39 Å². The number of halogens is 1. The number of anilines is 1. The number of aromatic nitrogens is 6. The van der Waals surface area contributed by atoms with Crippen molar-refractivity contribution in [3.05, 3.63) is 65.7 Å². The van der Waals surface area contributed by atoms with Gasteiger partial charge in [-0.1, -0.05) is 6.92 Å². The van der Waals surface area contributed by atoms with Gasteiger partial charge in [0.25, 0.3) is 0 Å². The molecule has 194 valence electrons. The molecule has 0 unspecified atom stereocenters. The number of carbonyl (C=O) groups excluding carboxylic acids is 2. The first-order valence-corrected chi connectivity index (χ1v) is 13.1. The molecule has 1 aromatic carbocycles. The molecule has 0 saturated carbocycles. The average Bonchev–Trinajstić information content (AvgIpc) is 3.66. The van der Waals surface area contributed by atoms with Crippen LogP contribution in [0.1, 0.15) is 36.4 Å². The summed E-state index contributed by atoms with van der Waals surface area (Å²) in [4.78, 5) is 42.0. The molecule has 0 spiro atoms. The maximum absolute atomic E-state index is 15.2. The molecule has 11 heteroatoms. The zero-order chi connectivity index (χ0) is 27.1. The van der Waals surface area contributed by atoms with Crippen LogP contribution in [0.5, 0.6) is 0 Å². The quantitative estimate of drug-likeness (QED) is 0.202. The second-order valence-corrected chi connectivity index (χ2v) is 10.2. The number of amides is 1. The zero-order valence-electron chi connectivity index (χ0n) is 21.0. The molecule has 39 heavy (non-hydrogen) atoms. The molecule has 0 atom stereocenters. The Morgan fingerprint density at radius 1 is 1.10 bits per heavy atom. The maximum Gasteiger partial charge on any atom is 0.224 e. The smallest absolute Gasteiger partial charge is 0.224 e. The van der Waals surface area contributed by atoms with E-state index in [4.69, 9.17) is 0 Å². The third-order valence-electron chi connectivity index (χ3n) is 6.29. The van der Waals surface area contributed by atoms with Crippen molar-refractivity contribution in [3.8, 4) is 33.1 Å². The number of nitrogens with one attached hydrogen (secondary N) is 3. The summed E-state index contributed by atoms with van der Waals surface area (Å²) >= 11 is 1.40. The molecule has 3 N–H and O–H groups in total. The van der Waals surface area contributed by atoms with E-state index in [-0.39, 0.29) is 17.2 Å². The number of fused-ring (bicyclic) bond motifs is 2. The molecular formula is C28H22FN7O2S. The van der Waals surface area contributed by atoms with Gasteiger partial charge in [-0.2, -0.15) is 5.10 Å². The highest BCUT2D eigenvalue weighted by Crippen LogP contribution is 2.36. The van der Waals surface area contributed by atoms with Crippen LogP contribution in [-0.4, -0.2) is 41.8 Å². The normalized spacial score (nSPS) is 11.4. The van der Waals surface area contributed by atoms with E-state index in [9.17, 15) is 9.59 Å². The molecule has 5 heterocycles. The van der Waals surface area contributed by atoms with Crippen molar-refractivity contribution in [2.45, 2.75) is 26.7 Å². The first kappa shape index (κ1) is 24.6. The topological polar surface area (TPSA) is 129 Å². The largest absolute Gasteiger partial charge is 0.335 e. The van der Waals surface area contributed by atoms with E-state index in [1.54, 1.807) is 30.7 Å². The van der Waals surface area contributed by atoms with E-state index in [2.05, 4.69) is 35.5 Å². The summed E-state index contributed by atoms with van der Waals surface area (Å²) in [5.41, 5.74) is 4.48. The molecular weight excluding hydrogens is 517 g/mol. The molecule has 0 radical (unpaired) electrons. The number of imidazole rings is 1. The van der Waals surface area contributed by atoms with E-state index < -0.39 is 5.82 Å². The second kappa shape index (κ2) is 9.84. The van der Waals surface area contributed by atoms with Gasteiger partial charge in [-0.05, 0) is 55.3 Å². The standard InChI is InChI=1S/C28H22FN7O2S/c1-3-4-23(38)32-17-9-16(12-30-13-17)15-10-19-24(20(29)11-15)35-36-26(19)28-33-25-18(7-8-31-27(25)34-28)22-6-5-21(39-22)14(2)37/h5-13H,3-4H2,1-2H3,(H,32,38)(H,35,36)(H,31,33,34). The van der Waals surface area contributed by atoms with Crippen molar-refractivity contribution in [1.29, 1.82) is 0 Å². The minimum Gasteiger partial charge on any atom is -0.335 e. The van der Waals surface area contributed by atoms with Crippen LogP contribution < -0.4 is 5.32 Å². The molecule has 5 aromatic heterocycles. The van der Waals surface area contributed by atoms with E-state index in [1.807, 2.05) is 25.1 Å². The number of benzene rings is 1. The predicted molar refractivity (Wildman–Crippen MR) is 149 cm³/mol. The van der Waals surface area contributed by atoms with Crippen molar-refractivity contribution in [3.63, 3.8) is 0 Å². The molecule has 6 aromatic rings. The number of rotatable bonds is 7. The van der Waals surface area contributed by atoms with E-state index in [0.717, 1.165) is 16.9 Å². The Morgan fingerprint density at radius 3 is 2.77 bits per heavy atom. The number of nitrogens with zero attached hydrogens (tertiary/aromatic N) is 4. The maximum atomic E-state index is 15.2. The van der Waals surface area contributed by atoms with Gasteiger partial charge in [0.1, 0.15) is 11.2 Å². The highest BCUT2D eigenvalue weighted by molar-refractivity contribution is 7.17. The highest BCUT2D eigenvalue weighted by atomic mass is 32.1. The Hall–Kier alpha value is -4.77. The van der Waals surface area contributed by atoms with Gasteiger partial charge in [-0.3, -0.25) is 19.7 Å². The van der Waals surface area contributed by atoms with Crippen molar-refractivity contribution in [2.75, 3.05) is 5.32 Å². The summed E-state index contributed by atoms with van der Waals surface area (Å²) in [6.07, 6.45) is 5.97. The fourth-order valence-electron chi connectivity index (χ4n) is 4.45. The molecule has 0 saturated heterocycles. The highest BCUT2D eigenvalue weighted by Gasteiger charge is 2.19. The SMILES string of the molecule is CCCC(=O)Nc1cncc(-c2cc(F)c3n[nH]c(-c4nc5nccc(-c6ccc(C(C)=O)s6)c5[nH]4)c3c2)c1. The Balaban J connectivity index is 1.42. The lowest BCUT2D eigenvalue weighted by atomic mass is 10.0. The molecule has 0 aliphatic carbocycles. The molecule has 0 aliphatic rings. The van der Waals surface area contributed by atoms with Gasteiger partial charge in [0.15, 0.2) is 23.1 Å².